The van der Waals surface area contributed by atoms with E-state index in [1.54, 1.807) is 26.8 Å². The lowest BCUT2D eigenvalue weighted by atomic mass is 10.1. The molecule has 0 aliphatic heterocycles. The molecule has 0 heterocycles. The second-order valence-corrected chi connectivity index (χ2v) is 11.2. The summed E-state index contributed by atoms with van der Waals surface area (Å²) in [5.74, 6) is -0.449. The van der Waals surface area contributed by atoms with Crippen molar-refractivity contribution in [1.82, 2.24) is 8.61 Å². The molecule has 2 aromatic rings. The molecule has 0 aliphatic rings. The van der Waals surface area contributed by atoms with Crippen molar-refractivity contribution >= 4 is 31.6 Å². The van der Waals surface area contributed by atoms with Crippen LogP contribution in [0, 0.1) is 6.92 Å². The number of hydrogen-bond acceptors (Lipinski definition) is 6. The zero-order chi connectivity index (χ0) is 24.3. The van der Waals surface area contributed by atoms with Crippen LogP contribution in [0.4, 0.5) is 5.69 Å². The molecule has 1 amide bonds. The maximum atomic E-state index is 13.0. The summed E-state index contributed by atoms with van der Waals surface area (Å²) in [6.07, 6.45) is 0. The number of amides is 1. The highest BCUT2D eigenvalue weighted by molar-refractivity contribution is 7.89. The van der Waals surface area contributed by atoms with Crippen molar-refractivity contribution in [2.75, 3.05) is 39.6 Å². The van der Waals surface area contributed by atoms with Crippen molar-refractivity contribution in [3.63, 3.8) is 0 Å². The highest BCUT2D eigenvalue weighted by atomic mass is 32.2. The van der Waals surface area contributed by atoms with E-state index in [0.29, 0.717) is 11.3 Å². The molecular formula is C21H29N3O6S2. The van der Waals surface area contributed by atoms with Crippen LogP contribution < -0.4 is 10.1 Å². The summed E-state index contributed by atoms with van der Waals surface area (Å²) in [6.45, 7) is 5.71. The number of carbonyl (C=O) groups excluding carboxylic acids is 1. The lowest BCUT2D eigenvalue weighted by molar-refractivity contribution is 0.102. The quantitative estimate of drug-likeness (QED) is 0.586. The fourth-order valence-electron chi connectivity index (χ4n) is 3.02. The molecule has 176 valence electrons. The molecule has 0 fully saturated rings. The molecule has 0 unspecified atom stereocenters. The van der Waals surface area contributed by atoms with Crippen LogP contribution in [-0.4, -0.2) is 65.6 Å². The van der Waals surface area contributed by atoms with Crippen molar-refractivity contribution in [3.05, 3.63) is 47.5 Å². The smallest absolute Gasteiger partial charge is 0.255 e. The van der Waals surface area contributed by atoms with Gasteiger partial charge in [-0.15, -0.1) is 0 Å². The van der Waals surface area contributed by atoms with Gasteiger partial charge in [-0.1, -0.05) is 19.9 Å². The number of anilines is 1. The SMILES string of the molecule is CCN(CC)S(=O)(=O)c1cc(C(=O)Nc2cc(S(=O)(=O)N(C)C)ccc2C)ccc1OC. The highest BCUT2D eigenvalue weighted by Gasteiger charge is 2.27. The molecule has 0 atom stereocenters. The summed E-state index contributed by atoms with van der Waals surface area (Å²) in [5, 5.41) is 2.68. The van der Waals surface area contributed by atoms with E-state index in [2.05, 4.69) is 5.32 Å². The predicted molar refractivity (Wildman–Crippen MR) is 123 cm³/mol. The van der Waals surface area contributed by atoms with Gasteiger partial charge in [0.1, 0.15) is 10.6 Å². The Morgan fingerprint density at radius 1 is 0.969 bits per heavy atom. The summed E-state index contributed by atoms with van der Waals surface area (Å²) in [5.41, 5.74) is 1.05. The molecule has 0 radical (unpaired) electrons. The van der Waals surface area contributed by atoms with Gasteiger partial charge in [-0.3, -0.25) is 4.79 Å². The maximum Gasteiger partial charge on any atom is 0.255 e. The standard InChI is InChI=1S/C21H29N3O6S2/c1-7-24(8-2)32(28,29)20-13-16(10-12-19(20)30-6)21(25)22-18-14-17(11-9-15(18)3)31(26,27)23(4)5/h9-14H,7-8H2,1-6H3,(H,22,25). The van der Waals surface area contributed by atoms with Crippen LogP contribution in [0.1, 0.15) is 29.8 Å². The number of rotatable bonds is 9. The van der Waals surface area contributed by atoms with Crippen LogP contribution in [0.25, 0.3) is 0 Å². The molecule has 0 saturated carbocycles. The Labute approximate surface area is 190 Å². The summed E-state index contributed by atoms with van der Waals surface area (Å²) >= 11 is 0. The number of carbonyl (C=O) groups is 1. The number of nitrogens with one attached hydrogen (secondary N) is 1. The predicted octanol–water partition coefficient (Wildman–Crippen LogP) is 2.54. The number of benzene rings is 2. The average molecular weight is 484 g/mol. The molecule has 0 saturated heterocycles. The Morgan fingerprint density at radius 2 is 1.59 bits per heavy atom. The number of ether oxygens (including phenoxy) is 1. The third kappa shape index (κ3) is 5.12. The maximum absolute atomic E-state index is 13.0. The Hall–Kier alpha value is -2.47. The van der Waals surface area contributed by atoms with Gasteiger partial charge in [0.05, 0.1) is 12.0 Å². The van der Waals surface area contributed by atoms with Gasteiger partial charge < -0.3 is 10.1 Å². The normalized spacial score (nSPS) is 12.2. The van der Waals surface area contributed by atoms with Crippen molar-refractivity contribution in [1.29, 1.82) is 0 Å². The first-order valence-corrected chi connectivity index (χ1v) is 12.8. The van der Waals surface area contributed by atoms with E-state index in [1.807, 2.05) is 0 Å². The molecular weight excluding hydrogens is 454 g/mol. The lowest BCUT2D eigenvalue weighted by Gasteiger charge is -2.20. The van der Waals surface area contributed by atoms with Gasteiger partial charge in [-0.2, -0.15) is 4.31 Å². The fourth-order valence-corrected chi connectivity index (χ4v) is 5.59. The zero-order valence-corrected chi connectivity index (χ0v) is 20.7. The molecule has 0 aliphatic carbocycles. The van der Waals surface area contributed by atoms with Crippen LogP contribution in [0.15, 0.2) is 46.2 Å². The summed E-state index contributed by atoms with van der Waals surface area (Å²) in [4.78, 5) is 12.8. The Bertz CT molecular complexity index is 1200. The van der Waals surface area contributed by atoms with Gasteiger partial charge in [0, 0.05) is 38.4 Å². The van der Waals surface area contributed by atoms with E-state index < -0.39 is 26.0 Å². The minimum Gasteiger partial charge on any atom is -0.495 e. The van der Waals surface area contributed by atoms with Crippen molar-refractivity contribution < 1.29 is 26.4 Å². The second kappa shape index (κ2) is 9.99. The Kier molecular flexibility index (Phi) is 8.05. The van der Waals surface area contributed by atoms with E-state index in [9.17, 15) is 21.6 Å². The minimum absolute atomic E-state index is 0.0305. The number of aryl methyl sites for hydroxylation is 1. The van der Waals surface area contributed by atoms with Gasteiger partial charge in [0.25, 0.3) is 5.91 Å². The van der Waals surface area contributed by atoms with Crippen LogP contribution >= 0.6 is 0 Å². The lowest BCUT2D eigenvalue weighted by Crippen LogP contribution is -2.31. The largest absolute Gasteiger partial charge is 0.495 e. The number of methoxy groups -OCH3 is 1. The summed E-state index contributed by atoms with van der Waals surface area (Å²) < 4.78 is 58.5. The third-order valence-electron chi connectivity index (χ3n) is 4.98. The molecule has 0 aromatic heterocycles. The third-order valence-corrected chi connectivity index (χ3v) is 8.87. The summed E-state index contributed by atoms with van der Waals surface area (Å²) in [7, 11) is -3.36. The van der Waals surface area contributed by atoms with E-state index >= 15 is 0 Å². The van der Waals surface area contributed by atoms with Crippen LogP contribution in [0.3, 0.4) is 0 Å². The molecule has 32 heavy (non-hydrogen) atoms. The fraction of sp³-hybridized carbons (Fsp3) is 0.381. The monoisotopic (exact) mass is 483 g/mol. The first-order valence-electron chi connectivity index (χ1n) is 9.92. The van der Waals surface area contributed by atoms with Gasteiger partial charge in [0.2, 0.25) is 20.0 Å². The Morgan fingerprint density at radius 3 is 2.12 bits per heavy atom. The van der Waals surface area contributed by atoms with E-state index in [-0.39, 0.29) is 34.2 Å². The first kappa shape index (κ1) is 25.8. The Balaban J connectivity index is 2.48. The van der Waals surface area contributed by atoms with Crippen LogP contribution in [-0.2, 0) is 20.0 Å². The molecule has 9 nitrogen and oxygen atoms in total. The van der Waals surface area contributed by atoms with Gasteiger partial charge in [-0.05, 0) is 42.8 Å². The zero-order valence-electron chi connectivity index (χ0n) is 19.0. The average Bonchev–Trinajstić information content (AvgIpc) is 2.75. The van der Waals surface area contributed by atoms with Crippen molar-refractivity contribution in [2.45, 2.75) is 30.6 Å². The van der Waals surface area contributed by atoms with Crippen molar-refractivity contribution in [2.24, 2.45) is 0 Å². The molecule has 2 aromatic carbocycles. The van der Waals surface area contributed by atoms with Gasteiger partial charge >= 0.3 is 0 Å². The van der Waals surface area contributed by atoms with Crippen LogP contribution in [0.5, 0.6) is 5.75 Å². The molecule has 0 bridgehead atoms. The molecule has 0 spiro atoms. The summed E-state index contributed by atoms with van der Waals surface area (Å²) in [6, 6.07) is 8.56. The molecule has 1 N–H and O–H groups in total. The molecule has 11 heteroatoms. The van der Waals surface area contributed by atoms with E-state index in [1.165, 1.54) is 55.8 Å². The van der Waals surface area contributed by atoms with Gasteiger partial charge in [-0.25, -0.2) is 21.1 Å². The minimum atomic E-state index is -3.87. The second-order valence-electron chi connectivity index (χ2n) is 7.17. The first-order chi connectivity index (χ1) is 14.9. The van der Waals surface area contributed by atoms with Gasteiger partial charge in [0.15, 0.2) is 0 Å². The van der Waals surface area contributed by atoms with E-state index in [0.717, 1.165) is 4.31 Å². The molecule has 2 rings (SSSR count). The van der Waals surface area contributed by atoms with Crippen LogP contribution in [0.2, 0.25) is 0 Å². The van der Waals surface area contributed by atoms with E-state index in [4.69, 9.17) is 4.74 Å². The number of nitrogens with zero attached hydrogens (tertiary/aromatic N) is 2. The van der Waals surface area contributed by atoms with Crippen molar-refractivity contribution in [3.8, 4) is 5.75 Å². The number of sulfonamides is 2. The number of hydrogen-bond donors (Lipinski definition) is 1. The topological polar surface area (TPSA) is 113 Å². The highest BCUT2D eigenvalue weighted by Crippen LogP contribution is 2.29.